The van der Waals surface area contributed by atoms with Crippen LogP contribution in [0.25, 0.3) is 10.8 Å². The number of H-pyrrole nitrogens is 1. The number of aromatic nitrogens is 2. The Morgan fingerprint density at radius 1 is 1.25 bits per heavy atom. The van der Waals surface area contributed by atoms with Gasteiger partial charge in [-0.3, -0.25) is 9.59 Å². The lowest BCUT2D eigenvalue weighted by Crippen LogP contribution is -2.29. The summed E-state index contributed by atoms with van der Waals surface area (Å²) in [4.78, 5) is 22.1. The monoisotopic (exact) mass is 275 g/mol. The number of anilines is 1. The summed E-state index contributed by atoms with van der Waals surface area (Å²) in [7, 11) is 0. The number of aromatic amines is 1. The van der Waals surface area contributed by atoms with E-state index in [1.807, 2.05) is 18.2 Å². The van der Waals surface area contributed by atoms with Crippen LogP contribution < -0.4 is 21.9 Å². The number of amides is 1. The van der Waals surface area contributed by atoms with E-state index in [2.05, 4.69) is 20.8 Å². The second-order valence-corrected chi connectivity index (χ2v) is 4.37. The van der Waals surface area contributed by atoms with Crippen LogP contribution in [-0.4, -0.2) is 35.7 Å². The summed E-state index contributed by atoms with van der Waals surface area (Å²) in [5.74, 6) is 0.279. The van der Waals surface area contributed by atoms with E-state index in [4.69, 9.17) is 5.73 Å². The van der Waals surface area contributed by atoms with Gasteiger partial charge < -0.3 is 16.4 Å². The van der Waals surface area contributed by atoms with Gasteiger partial charge in [-0.25, -0.2) is 5.10 Å². The van der Waals surface area contributed by atoms with Gasteiger partial charge in [-0.15, -0.1) is 0 Å². The first-order valence-electron chi connectivity index (χ1n) is 6.39. The molecule has 0 unspecified atom stereocenters. The van der Waals surface area contributed by atoms with Crippen LogP contribution in [0, 0.1) is 0 Å². The molecule has 106 valence electrons. The first kappa shape index (κ1) is 14.0. The summed E-state index contributed by atoms with van der Waals surface area (Å²) < 4.78 is 0. The van der Waals surface area contributed by atoms with Gasteiger partial charge in [-0.2, -0.15) is 5.10 Å². The number of nitrogens with zero attached hydrogens (tertiary/aromatic N) is 1. The van der Waals surface area contributed by atoms with Crippen molar-refractivity contribution in [3.63, 3.8) is 0 Å². The molecule has 7 nitrogen and oxygen atoms in total. The smallest absolute Gasteiger partial charge is 0.272 e. The molecule has 5 N–H and O–H groups in total. The van der Waals surface area contributed by atoms with Crippen LogP contribution in [0.4, 0.5) is 5.82 Å². The van der Waals surface area contributed by atoms with Gasteiger partial charge in [0.25, 0.3) is 5.56 Å². The molecule has 2 aromatic rings. The predicted molar refractivity (Wildman–Crippen MR) is 77.5 cm³/mol. The van der Waals surface area contributed by atoms with Crippen molar-refractivity contribution in [2.75, 3.05) is 25.0 Å². The lowest BCUT2D eigenvalue weighted by molar-refractivity contribution is -0.117. The van der Waals surface area contributed by atoms with E-state index in [0.717, 1.165) is 11.8 Å². The Morgan fingerprint density at radius 2 is 2.00 bits per heavy atom. The topological polar surface area (TPSA) is 113 Å². The number of benzene rings is 1. The van der Waals surface area contributed by atoms with Crippen LogP contribution in [0.15, 0.2) is 29.1 Å². The number of carbonyl (C=O) groups is 1. The number of carbonyl (C=O) groups excluding carboxylic acids is 1. The lowest BCUT2D eigenvalue weighted by atomic mass is 10.2. The molecule has 20 heavy (non-hydrogen) atoms. The Kier molecular flexibility index (Phi) is 4.67. The van der Waals surface area contributed by atoms with Crippen LogP contribution in [0.1, 0.15) is 6.42 Å². The van der Waals surface area contributed by atoms with Crippen molar-refractivity contribution >= 4 is 22.5 Å². The standard InChI is InChI=1S/C13H17N5O2/c14-11(19)8-15-6-3-7-16-12-9-4-1-2-5-10(9)13(20)18-17-12/h1-2,4-5,15H,3,6-8H2,(H2,14,19)(H,16,17)(H,18,20). The Balaban J connectivity index is 1.92. The zero-order chi connectivity index (χ0) is 14.4. The average Bonchev–Trinajstić information content (AvgIpc) is 2.45. The molecule has 0 spiro atoms. The van der Waals surface area contributed by atoms with Crippen LogP contribution in [0.3, 0.4) is 0 Å². The molecule has 0 radical (unpaired) electrons. The number of hydrogen-bond donors (Lipinski definition) is 4. The molecule has 0 atom stereocenters. The third-order valence-corrected chi connectivity index (χ3v) is 2.82. The first-order chi connectivity index (χ1) is 9.68. The van der Waals surface area contributed by atoms with Gasteiger partial charge in [0.2, 0.25) is 5.91 Å². The van der Waals surface area contributed by atoms with Crippen molar-refractivity contribution in [2.45, 2.75) is 6.42 Å². The highest BCUT2D eigenvalue weighted by molar-refractivity contribution is 5.90. The molecule has 0 aliphatic heterocycles. The third-order valence-electron chi connectivity index (χ3n) is 2.82. The summed E-state index contributed by atoms with van der Waals surface area (Å²) in [6.07, 6.45) is 0.808. The molecule has 0 saturated heterocycles. The maximum Gasteiger partial charge on any atom is 0.272 e. The number of fused-ring (bicyclic) bond motifs is 1. The number of nitrogens with two attached hydrogens (primary N) is 1. The van der Waals surface area contributed by atoms with Crippen LogP contribution >= 0.6 is 0 Å². The molecule has 0 aliphatic rings. The molecule has 7 heteroatoms. The van der Waals surface area contributed by atoms with Crippen molar-refractivity contribution in [3.8, 4) is 0 Å². The summed E-state index contributed by atoms with van der Waals surface area (Å²) >= 11 is 0. The lowest BCUT2D eigenvalue weighted by Gasteiger charge is -2.08. The second-order valence-electron chi connectivity index (χ2n) is 4.37. The Morgan fingerprint density at radius 3 is 2.75 bits per heavy atom. The maximum absolute atomic E-state index is 11.6. The highest BCUT2D eigenvalue weighted by Crippen LogP contribution is 2.16. The van der Waals surface area contributed by atoms with Gasteiger partial charge >= 0.3 is 0 Å². The summed E-state index contributed by atoms with van der Waals surface area (Å²) in [6.45, 7) is 1.53. The van der Waals surface area contributed by atoms with E-state index in [1.54, 1.807) is 6.07 Å². The molecule has 0 bridgehead atoms. The minimum atomic E-state index is -0.369. The van der Waals surface area contributed by atoms with E-state index in [9.17, 15) is 9.59 Å². The minimum Gasteiger partial charge on any atom is -0.369 e. The van der Waals surface area contributed by atoms with Gasteiger partial charge in [0, 0.05) is 11.9 Å². The van der Waals surface area contributed by atoms with E-state index >= 15 is 0 Å². The third kappa shape index (κ3) is 3.55. The van der Waals surface area contributed by atoms with Gasteiger partial charge in [0.15, 0.2) is 5.82 Å². The Bertz CT molecular complexity index is 652. The number of rotatable bonds is 7. The van der Waals surface area contributed by atoms with Gasteiger partial charge in [0.05, 0.1) is 11.9 Å². The van der Waals surface area contributed by atoms with E-state index in [1.165, 1.54) is 0 Å². The molecule has 0 aliphatic carbocycles. The van der Waals surface area contributed by atoms with Crippen molar-refractivity contribution in [1.82, 2.24) is 15.5 Å². The van der Waals surface area contributed by atoms with Gasteiger partial charge in [0.1, 0.15) is 0 Å². The molecule has 1 aromatic carbocycles. The Labute approximate surface area is 115 Å². The number of primary amides is 1. The molecular formula is C13H17N5O2. The average molecular weight is 275 g/mol. The number of hydrogen-bond acceptors (Lipinski definition) is 5. The predicted octanol–water partition coefficient (Wildman–Crippen LogP) is -0.200. The molecule has 0 fully saturated rings. The van der Waals surface area contributed by atoms with Crippen molar-refractivity contribution in [3.05, 3.63) is 34.6 Å². The summed E-state index contributed by atoms with van der Waals surface area (Å²) in [6, 6.07) is 7.29. The summed E-state index contributed by atoms with van der Waals surface area (Å²) in [5.41, 5.74) is 4.81. The second kappa shape index (κ2) is 6.67. The van der Waals surface area contributed by atoms with E-state index < -0.39 is 0 Å². The zero-order valence-corrected chi connectivity index (χ0v) is 11.0. The van der Waals surface area contributed by atoms with Crippen molar-refractivity contribution in [1.29, 1.82) is 0 Å². The molecule has 0 saturated carbocycles. The quantitative estimate of drug-likeness (QED) is 0.523. The largest absolute Gasteiger partial charge is 0.369 e. The van der Waals surface area contributed by atoms with E-state index in [-0.39, 0.29) is 18.0 Å². The fourth-order valence-corrected chi connectivity index (χ4v) is 1.88. The normalized spacial score (nSPS) is 10.6. The molecule has 1 aromatic heterocycles. The summed E-state index contributed by atoms with van der Waals surface area (Å²) in [5, 5.41) is 14.0. The highest BCUT2D eigenvalue weighted by atomic mass is 16.1. The molecule has 1 heterocycles. The first-order valence-corrected chi connectivity index (χ1v) is 6.39. The van der Waals surface area contributed by atoms with Crippen LogP contribution in [-0.2, 0) is 4.79 Å². The van der Waals surface area contributed by atoms with Crippen LogP contribution in [0.2, 0.25) is 0 Å². The molecular weight excluding hydrogens is 258 g/mol. The molecule has 2 rings (SSSR count). The molecule has 1 amide bonds. The van der Waals surface area contributed by atoms with Crippen molar-refractivity contribution in [2.24, 2.45) is 5.73 Å². The highest BCUT2D eigenvalue weighted by Gasteiger charge is 2.04. The fourth-order valence-electron chi connectivity index (χ4n) is 1.88. The van der Waals surface area contributed by atoms with Gasteiger partial charge in [-0.05, 0) is 19.0 Å². The van der Waals surface area contributed by atoms with Gasteiger partial charge in [-0.1, -0.05) is 18.2 Å². The minimum absolute atomic E-state index is 0.180. The van der Waals surface area contributed by atoms with E-state index in [0.29, 0.717) is 24.3 Å². The zero-order valence-electron chi connectivity index (χ0n) is 11.0. The number of nitrogens with one attached hydrogen (secondary N) is 3. The Hall–Kier alpha value is -2.41. The van der Waals surface area contributed by atoms with Crippen LogP contribution in [0.5, 0.6) is 0 Å². The fraction of sp³-hybridized carbons (Fsp3) is 0.308. The SMILES string of the molecule is NC(=O)CNCCCNc1n[nH]c(=O)c2ccccc12. The van der Waals surface area contributed by atoms with Crippen molar-refractivity contribution < 1.29 is 4.79 Å². The maximum atomic E-state index is 11.6.